The van der Waals surface area contributed by atoms with Gasteiger partial charge in [0, 0.05) is 6.54 Å². The van der Waals surface area contributed by atoms with Crippen LogP contribution in [-0.4, -0.2) is 5.11 Å². The van der Waals surface area contributed by atoms with Crippen LogP contribution in [0.1, 0.15) is 5.56 Å². The van der Waals surface area contributed by atoms with Gasteiger partial charge in [-0.2, -0.15) is 0 Å². The SMILES string of the molecule is Oc1ccc(CNc2ccccc2F)cc1Cl. The normalized spacial score (nSPS) is 10.2. The van der Waals surface area contributed by atoms with Crippen molar-refractivity contribution in [2.24, 2.45) is 0 Å². The Morgan fingerprint density at radius 1 is 1.18 bits per heavy atom. The predicted molar refractivity (Wildman–Crippen MR) is 66.8 cm³/mol. The lowest BCUT2D eigenvalue weighted by Crippen LogP contribution is -2.01. The molecule has 0 spiro atoms. The Hall–Kier alpha value is -1.74. The molecular formula is C13H11ClFNO. The highest BCUT2D eigenvalue weighted by Gasteiger charge is 2.02. The molecule has 2 nitrogen and oxygen atoms in total. The number of rotatable bonds is 3. The Balaban J connectivity index is 2.08. The summed E-state index contributed by atoms with van der Waals surface area (Å²) in [5, 5.41) is 12.5. The van der Waals surface area contributed by atoms with Crippen LogP contribution in [0.15, 0.2) is 42.5 Å². The maximum atomic E-state index is 13.3. The fourth-order valence-electron chi connectivity index (χ4n) is 1.46. The lowest BCUT2D eigenvalue weighted by atomic mass is 10.2. The molecule has 2 rings (SSSR count). The number of benzene rings is 2. The molecule has 2 aromatic carbocycles. The van der Waals surface area contributed by atoms with E-state index in [1.54, 1.807) is 30.3 Å². The molecule has 0 amide bonds. The van der Waals surface area contributed by atoms with Crippen LogP contribution in [0.5, 0.6) is 5.75 Å². The second-order valence-corrected chi connectivity index (χ2v) is 4.03. The van der Waals surface area contributed by atoms with E-state index in [0.29, 0.717) is 12.2 Å². The van der Waals surface area contributed by atoms with Crippen LogP contribution in [0, 0.1) is 5.82 Å². The van der Waals surface area contributed by atoms with Crippen molar-refractivity contribution < 1.29 is 9.50 Å². The maximum Gasteiger partial charge on any atom is 0.146 e. The van der Waals surface area contributed by atoms with Crippen LogP contribution in [0.3, 0.4) is 0 Å². The molecule has 2 N–H and O–H groups in total. The Kier molecular flexibility index (Phi) is 3.49. The molecule has 0 aliphatic carbocycles. The first kappa shape index (κ1) is 11.7. The minimum Gasteiger partial charge on any atom is -0.506 e. The van der Waals surface area contributed by atoms with Gasteiger partial charge in [-0.1, -0.05) is 29.8 Å². The van der Waals surface area contributed by atoms with Crippen molar-refractivity contribution in [3.05, 3.63) is 58.9 Å². The highest BCUT2D eigenvalue weighted by Crippen LogP contribution is 2.24. The van der Waals surface area contributed by atoms with Gasteiger partial charge in [-0.25, -0.2) is 4.39 Å². The molecule has 0 atom stereocenters. The first-order valence-electron chi connectivity index (χ1n) is 5.12. The summed E-state index contributed by atoms with van der Waals surface area (Å²) in [5.41, 5.74) is 1.31. The number of phenols is 1. The monoisotopic (exact) mass is 251 g/mol. The molecule has 0 saturated carbocycles. The standard InChI is InChI=1S/C13H11ClFNO/c14-10-7-9(5-6-13(10)17)8-16-12-4-2-1-3-11(12)15/h1-7,16-17H,8H2. The van der Waals surface area contributed by atoms with E-state index < -0.39 is 0 Å². The van der Waals surface area contributed by atoms with Crippen molar-refractivity contribution in [3.8, 4) is 5.75 Å². The molecule has 4 heteroatoms. The smallest absolute Gasteiger partial charge is 0.146 e. The number of phenolic OH excluding ortho intramolecular Hbond substituents is 1. The van der Waals surface area contributed by atoms with Crippen LogP contribution in [0.2, 0.25) is 5.02 Å². The number of hydrogen-bond acceptors (Lipinski definition) is 2. The van der Waals surface area contributed by atoms with Crippen molar-refractivity contribution in [1.82, 2.24) is 0 Å². The molecule has 0 fully saturated rings. The topological polar surface area (TPSA) is 32.3 Å². The Labute approximate surface area is 104 Å². The summed E-state index contributed by atoms with van der Waals surface area (Å²) in [6.07, 6.45) is 0. The zero-order valence-corrected chi connectivity index (χ0v) is 9.71. The predicted octanol–water partition coefficient (Wildman–Crippen LogP) is 3.80. The first-order valence-corrected chi connectivity index (χ1v) is 5.50. The molecule has 0 saturated heterocycles. The van der Waals surface area contributed by atoms with Crippen LogP contribution in [0.4, 0.5) is 10.1 Å². The second kappa shape index (κ2) is 5.06. The van der Waals surface area contributed by atoms with Gasteiger partial charge in [0.1, 0.15) is 11.6 Å². The van der Waals surface area contributed by atoms with E-state index in [0.717, 1.165) is 5.56 Å². The number of halogens is 2. The van der Waals surface area contributed by atoms with Gasteiger partial charge in [-0.15, -0.1) is 0 Å². The Morgan fingerprint density at radius 2 is 1.94 bits per heavy atom. The summed E-state index contributed by atoms with van der Waals surface area (Å²) in [6.45, 7) is 0.445. The third-order valence-corrected chi connectivity index (χ3v) is 2.67. The number of hydrogen-bond donors (Lipinski definition) is 2. The van der Waals surface area contributed by atoms with E-state index in [2.05, 4.69) is 5.32 Å². The molecule has 0 aliphatic rings. The third kappa shape index (κ3) is 2.88. The van der Waals surface area contributed by atoms with Gasteiger partial charge in [-0.3, -0.25) is 0 Å². The van der Waals surface area contributed by atoms with Gasteiger partial charge in [0.2, 0.25) is 0 Å². The fraction of sp³-hybridized carbons (Fsp3) is 0.0769. The van der Waals surface area contributed by atoms with Gasteiger partial charge in [0.25, 0.3) is 0 Å². The minimum atomic E-state index is -0.294. The van der Waals surface area contributed by atoms with E-state index >= 15 is 0 Å². The van der Waals surface area contributed by atoms with E-state index in [-0.39, 0.29) is 16.6 Å². The molecule has 0 radical (unpaired) electrons. The van der Waals surface area contributed by atoms with Gasteiger partial charge in [0.15, 0.2) is 0 Å². The zero-order valence-electron chi connectivity index (χ0n) is 8.95. The lowest BCUT2D eigenvalue weighted by Gasteiger charge is -2.08. The third-order valence-electron chi connectivity index (χ3n) is 2.37. The van der Waals surface area contributed by atoms with E-state index in [9.17, 15) is 9.50 Å². The molecule has 0 bridgehead atoms. The van der Waals surface area contributed by atoms with Crippen molar-refractivity contribution in [2.75, 3.05) is 5.32 Å². The quantitative estimate of drug-likeness (QED) is 0.870. The molecule has 0 heterocycles. The highest BCUT2D eigenvalue weighted by atomic mass is 35.5. The average Bonchev–Trinajstić information content (AvgIpc) is 2.32. The van der Waals surface area contributed by atoms with E-state index in [1.165, 1.54) is 12.1 Å². The summed E-state index contributed by atoms with van der Waals surface area (Å²) in [7, 11) is 0. The average molecular weight is 252 g/mol. The van der Waals surface area contributed by atoms with Gasteiger partial charge in [-0.05, 0) is 29.8 Å². The maximum absolute atomic E-state index is 13.3. The summed E-state index contributed by atoms with van der Waals surface area (Å²) >= 11 is 5.77. The van der Waals surface area contributed by atoms with Crippen molar-refractivity contribution in [1.29, 1.82) is 0 Å². The molecular weight excluding hydrogens is 241 g/mol. The van der Waals surface area contributed by atoms with Crippen LogP contribution in [0.25, 0.3) is 0 Å². The van der Waals surface area contributed by atoms with Gasteiger partial charge < -0.3 is 10.4 Å². The summed E-state index contributed by atoms with van der Waals surface area (Å²) in [6, 6.07) is 11.3. The van der Waals surface area contributed by atoms with Crippen molar-refractivity contribution in [2.45, 2.75) is 6.54 Å². The van der Waals surface area contributed by atoms with E-state index in [1.807, 2.05) is 0 Å². The fourth-order valence-corrected chi connectivity index (χ4v) is 1.67. The number of para-hydroxylation sites is 1. The summed E-state index contributed by atoms with van der Waals surface area (Å²) < 4.78 is 13.3. The number of aromatic hydroxyl groups is 1. The lowest BCUT2D eigenvalue weighted by molar-refractivity contribution is 0.475. The summed E-state index contributed by atoms with van der Waals surface area (Å²) in [5.74, 6) is -0.251. The van der Waals surface area contributed by atoms with Crippen LogP contribution >= 0.6 is 11.6 Å². The molecule has 2 aromatic rings. The highest BCUT2D eigenvalue weighted by molar-refractivity contribution is 6.32. The van der Waals surface area contributed by atoms with Gasteiger partial charge in [0.05, 0.1) is 10.7 Å². The van der Waals surface area contributed by atoms with Crippen LogP contribution in [-0.2, 0) is 6.54 Å². The number of nitrogens with one attached hydrogen (secondary N) is 1. The molecule has 0 aliphatic heterocycles. The molecule has 0 unspecified atom stereocenters. The largest absolute Gasteiger partial charge is 0.506 e. The van der Waals surface area contributed by atoms with Crippen LogP contribution < -0.4 is 5.32 Å². The minimum absolute atomic E-state index is 0.0429. The molecule has 88 valence electrons. The molecule has 17 heavy (non-hydrogen) atoms. The zero-order chi connectivity index (χ0) is 12.3. The Bertz CT molecular complexity index is 531. The summed E-state index contributed by atoms with van der Waals surface area (Å²) in [4.78, 5) is 0. The number of anilines is 1. The Morgan fingerprint density at radius 3 is 2.65 bits per heavy atom. The van der Waals surface area contributed by atoms with Gasteiger partial charge >= 0.3 is 0 Å². The molecule has 0 aromatic heterocycles. The van der Waals surface area contributed by atoms with Crippen molar-refractivity contribution >= 4 is 17.3 Å². The second-order valence-electron chi connectivity index (χ2n) is 3.62. The van der Waals surface area contributed by atoms with E-state index in [4.69, 9.17) is 11.6 Å². The first-order chi connectivity index (χ1) is 8.16. The van der Waals surface area contributed by atoms with Crippen molar-refractivity contribution in [3.63, 3.8) is 0 Å².